The van der Waals surface area contributed by atoms with Crippen LogP contribution < -0.4 is 0 Å². The number of hydrogen-bond donors (Lipinski definition) is 1. The summed E-state index contributed by atoms with van der Waals surface area (Å²) in [6.07, 6.45) is 1.98. The first-order chi connectivity index (χ1) is 8.13. The van der Waals surface area contributed by atoms with Gasteiger partial charge >= 0.3 is 0 Å². The van der Waals surface area contributed by atoms with Crippen LogP contribution in [0, 0.1) is 0 Å². The van der Waals surface area contributed by atoms with Gasteiger partial charge in [0, 0.05) is 17.6 Å². The lowest BCUT2D eigenvalue weighted by Gasteiger charge is -2.21. The van der Waals surface area contributed by atoms with Crippen molar-refractivity contribution < 1.29 is 9.90 Å². The minimum absolute atomic E-state index is 0.0412. The second-order valence-corrected chi connectivity index (χ2v) is 4.92. The number of rotatable bonds is 4. The van der Waals surface area contributed by atoms with Crippen molar-refractivity contribution in [3.05, 3.63) is 33.8 Å². The summed E-state index contributed by atoms with van der Waals surface area (Å²) in [5.74, 6) is -0.158. The Labute approximate surface area is 110 Å². The maximum absolute atomic E-state index is 12.3. The zero-order valence-corrected chi connectivity index (χ0v) is 10.7. The van der Waals surface area contributed by atoms with Gasteiger partial charge in [0.25, 0.3) is 5.91 Å². The fourth-order valence-electron chi connectivity index (χ4n) is 1.76. The summed E-state index contributed by atoms with van der Waals surface area (Å²) >= 11 is 11.9. The van der Waals surface area contributed by atoms with Gasteiger partial charge in [-0.3, -0.25) is 4.79 Å². The van der Waals surface area contributed by atoms with Crippen molar-refractivity contribution in [2.24, 2.45) is 0 Å². The number of amides is 1. The summed E-state index contributed by atoms with van der Waals surface area (Å²) in [4.78, 5) is 13.9. The maximum Gasteiger partial charge on any atom is 0.255 e. The standard InChI is InChI=1S/C12H13Cl2NO2/c13-8-1-4-11(14)10(7-8)12(17)15(5-6-16)9-2-3-9/h1,4,7,9,16H,2-3,5-6H2. The van der Waals surface area contributed by atoms with E-state index < -0.39 is 0 Å². The molecule has 1 aromatic carbocycles. The third-order valence-corrected chi connectivity index (χ3v) is 3.31. The Morgan fingerprint density at radius 2 is 2.12 bits per heavy atom. The van der Waals surface area contributed by atoms with Crippen LogP contribution in [0.2, 0.25) is 10.0 Å². The van der Waals surface area contributed by atoms with Gasteiger partial charge in [-0.15, -0.1) is 0 Å². The van der Waals surface area contributed by atoms with Gasteiger partial charge in [0.05, 0.1) is 17.2 Å². The van der Waals surface area contributed by atoms with Crippen molar-refractivity contribution in [3.8, 4) is 0 Å². The molecule has 0 bridgehead atoms. The first kappa shape index (κ1) is 12.7. The SMILES string of the molecule is O=C(c1cc(Cl)ccc1Cl)N(CCO)C1CC1. The molecule has 1 saturated carbocycles. The number of carbonyl (C=O) groups excluding carboxylic acids is 1. The molecule has 1 fully saturated rings. The van der Waals surface area contributed by atoms with Crippen molar-refractivity contribution in [3.63, 3.8) is 0 Å². The normalized spacial score (nSPS) is 14.8. The van der Waals surface area contributed by atoms with E-state index in [-0.39, 0.29) is 18.6 Å². The van der Waals surface area contributed by atoms with E-state index in [0.29, 0.717) is 22.2 Å². The number of aliphatic hydroxyl groups excluding tert-OH is 1. The fourth-order valence-corrected chi connectivity index (χ4v) is 2.13. The van der Waals surface area contributed by atoms with Crippen molar-refractivity contribution in [2.45, 2.75) is 18.9 Å². The Bertz CT molecular complexity index is 433. The first-order valence-corrected chi connectivity index (χ1v) is 6.26. The van der Waals surface area contributed by atoms with E-state index in [2.05, 4.69) is 0 Å². The fraction of sp³-hybridized carbons (Fsp3) is 0.417. The molecule has 2 rings (SSSR count). The minimum atomic E-state index is -0.158. The molecule has 0 saturated heterocycles. The Morgan fingerprint density at radius 3 is 2.71 bits per heavy atom. The summed E-state index contributed by atoms with van der Waals surface area (Å²) in [6, 6.07) is 5.07. The molecule has 0 aromatic heterocycles. The highest BCUT2D eigenvalue weighted by Gasteiger charge is 2.33. The Morgan fingerprint density at radius 1 is 1.41 bits per heavy atom. The molecule has 1 aliphatic rings. The van der Waals surface area contributed by atoms with Gasteiger partial charge in [-0.05, 0) is 31.0 Å². The summed E-state index contributed by atoms with van der Waals surface area (Å²) in [5, 5.41) is 9.86. The van der Waals surface area contributed by atoms with Gasteiger partial charge in [0.2, 0.25) is 0 Å². The van der Waals surface area contributed by atoms with Crippen LogP contribution in [0.5, 0.6) is 0 Å². The van der Waals surface area contributed by atoms with Crippen molar-refractivity contribution >= 4 is 29.1 Å². The zero-order chi connectivity index (χ0) is 12.4. The molecular weight excluding hydrogens is 261 g/mol. The van der Waals surface area contributed by atoms with Gasteiger partial charge in [0.1, 0.15) is 0 Å². The van der Waals surface area contributed by atoms with Crippen molar-refractivity contribution in [1.82, 2.24) is 4.90 Å². The van der Waals surface area contributed by atoms with Crippen molar-refractivity contribution in [1.29, 1.82) is 0 Å². The molecule has 0 heterocycles. The monoisotopic (exact) mass is 273 g/mol. The van der Waals surface area contributed by atoms with E-state index in [4.69, 9.17) is 28.3 Å². The van der Waals surface area contributed by atoms with Gasteiger partial charge in [0.15, 0.2) is 0 Å². The van der Waals surface area contributed by atoms with E-state index in [1.165, 1.54) is 0 Å². The molecular formula is C12H13Cl2NO2. The molecule has 17 heavy (non-hydrogen) atoms. The van der Waals surface area contributed by atoms with Gasteiger partial charge in [-0.2, -0.15) is 0 Å². The zero-order valence-electron chi connectivity index (χ0n) is 9.20. The summed E-state index contributed by atoms with van der Waals surface area (Å²) < 4.78 is 0. The maximum atomic E-state index is 12.3. The molecule has 1 amide bonds. The van der Waals surface area contributed by atoms with Gasteiger partial charge in [-0.1, -0.05) is 23.2 Å². The molecule has 0 aliphatic heterocycles. The van der Waals surface area contributed by atoms with Crippen LogP contribution in [0.3, 0.4) is 0 Å². The van der Waals surface area contributed by atoms with E-state index in [1.54, 1.807) is 23.1 Å². The van der Waals surface area contributed by atoms with Crippen LogP contribution >= 0.6 is 23.2 Å². The highest BCUT2D eigenvalue weighted by Crippen LogP contribution is 2.30. The van der Waals surface area contributed by atoms with E-state index in [1.807, 2.05) is 0 Å². The second kappa shape index (κ2) is 5.25. The Balaban J connectivity index is 2.24. The quantitative estimate of drug-likeness (QED) is 0.916. The number of hydrogen-bond acceptors (Lipinski definition) is 2. The average Bonchev–Trinajstić information content (AvgIpc) is 3.12. The lowest BCUT2D eigenvalue weighted by molar-refractivity contribution is 0.0708. The molecule has 5 heteroatoms. The van der Waals surface area contributed by atoms with Crippen LogP contribution in [0.25, 0.3) is 0 Å². The van der Waals surface area contributed by atoms with E-state index in [0.717, 1.165) is 12.8 Å². The molecule has 92 valence electrons. The number of nitrogens with zero attached hydrogens (tertiary/aromatic N) is 1. The number of carbonyl (C=O) groups is 1. The number of halogens is 2. The molecule has 1 N–H and O–H groups in total. The molecule has 1 aromatic rings. The second-order valence-electron chi connectivity index (χ2n) is 4.08. The third kappa shape index (κ3) is 2.92. The molecule has 0 spiro atoms. The van der Waals surface area contributed by atoms with Crippen LogP contribution in [0.4, 0.5) is 0 Å². The summed E-state index contributed by atoms with van der Waals surface area (Å²) in [5.41, 5.74) is 0.402. The van der Waals surface area contributed by atoms with Crippen LogP contribution in [-0.4, -0.2) is 35.1 Å². The predicted octanol–water partition coefficient (Wildman–Crippen LogP) is 2.59. The highest BCUT2D eigenvalue weighted by molar-refractivity contribution is 6.35. The largest absolute Gasteiger partial charge is 0.395 e. The predicted molar refractivity (Wildman–Crippen MR) is 67.6 cm³/mol. The topological polar surface area (TPSA) is 40.5 Å². The summed E-state index contributed by atoms with van der Waals surface area (Å²) in [7, 11) is 0. The summed E-state index contributed by atoms with van der Waals surface area (Å²) in [6.45, 7) is 0.298. The number of aliphatic hydroxyl groups is 1. The van der Waals surface area contributed by atoms with Crippen molar-refractivity contribution in [2.75, 3.05) is 13.2 Å². The van der Waals surface area contributed by atoms with Gasteiger partial charge in [-0.25, -0.2) is 0 Å². The lowest BCUT2D eigenvalue weighted by atomic mass is 10.2. The minimum Gasteiger partial charge on any atom is -0.395 e. The number of benzene rings is 1. The van der Waals surface area contributed by atoms with Gasteiger partial charge < -0.3 is 10.0 Å². The van der Waals surface area contributed by atoms with Crippen LogP contribution in [-0.2, 0) is 0 Å². The first-order valence-electron chi connectivity index (χ1n) is 5.50. The van der Waals surface area contributed by atoms with Crippen LogP contribution in [0.1, 0.15) is 23.2 Å². The van der Waals surface area contributed by atoms with E-state index in [9.17, 15) is 4.79 Å². The average molecular weight is 274 g/mol. The Kier molecular flexibility index (Phi) is 3.92. The van der Waals surface area contributed by atoms with Crippen LogP contribution in [0.15, 0.2) is 18.2 Å². The third-order valence-electron chi connectivity index (χ3n) is 2.75. The molecule has 0 radical (unpaired) electrons. The lowest BCUT2D eigenvalue weighted by Crippen LogP contribution is -2.35. The van der Waals surface area contributed by atoms with E-state index >= 15 is 0 Å². The smallest absolute Gasteiger partial charge is 0.255 e. The molecule has 1 aliphatic carbocycles. The Hall–Kier alpha value is -0.770. The molecule has 3 nitrogen and oxygen atoms in total. The highest BCUT2D eigenvalue weighted by atomic mass is 35.5. The molecule has 0 unspecified atom stereocenters. The molecule has 0 atom stereocenters.